The number of amides is 2. The number of hydrogen-bond acceptors (Lipinski definition) is 3. The van der Waals surface area contributed by atoms with Crippen molar-refractivity contribution < 1.29 is 9.59 Å². The zero-order chi connectivity index (χ0) is 20.2. The predicted molar refractivity (Wildman–Crippen MR) is 113 cm³/mol. The van der Waals surface area contributed by atoms with Gasteiger partial charge < -0.3 is 10.2 Å². The third kappa shape index (κ3) is 3.74. The van der Waals surface area contributed by atoms with Gasteiger partial charge in [-0.2, -0.15) is 5.26 Å². The van der Waals surface area contributed by atoms with E-state index in [1.54, 1.807) is 41.3 Å². The summed E-state index contributed by atoms with van der Waals surface area (Å²) in [5.74, 6) is -0.120. The van der Waals surface area contributed by atoms with Gasteiger partial charge in [0.2, 0.25) is 5.91 Å². The van der Waals surface area contributed by atoms with E-state index >= 15 is 0 Å². The van der Waals surface area contributed by atoms with Gasteiger partial charge in [0, 0.05) is 35.5 Å². The maximum atomic E-state index is 12.9. The molecule has 1 saturated heterocycles. The molecule has 1 aliphatic rings. The summed E-state index contributed by atoms with van der Waals surface area (Å²) in [6.45, 7) is 0.732. The highest BCUT2D eigenvalue weighted by Crippen LogP contribution is 2.28. The van der Waals surface area contributed by atoms with E-state index in [9.17, 15) is 14.9 Å². The van der Waals surface area contributed by atoms with Crippen molar-refractivity contribution in [2.75, 3.05) is 16.8 Å². The summed E-state index contributed by atoms with van der Waals surface area (Å²) in [5.41, 5.74) is 3.94. The Morgan fingerprint density at radius 1 is 0.931 bits per heavy atom. The van der Waals surface area contributed by atoms with Crippen LogP contribution in [0.3, 0.4) is 0 Å². The third-order valence-electron chi connectivity index (χ3n) is 5.02. The Kier molecular flexibility index (Phi) is 5.08. The summed E-state index contributed by atoms with van der Waals surface area (Å²) in [6, 6.07) is 23.9. The van der Waals surface area contributed by atoms with E-state index in [0.717, 1.165) is 24.2 Å². The zero-order valence-corrected chi connectivity index (χ0v) is 15.8. The van der Waals surface area contributed by atoms with Crippen molar-refractivity contribution in [1.82, 2.24) is 0 Å². The molecule has 0 unspecified atom stereocenters. The van der Waals surface area contributed by atoms with E-state index in [0.29, 0.717) is 28.8 Å². The molecule has 0 aromatic heterocycles. The predicted octanol–water partition coefficient (Wildman–Crippen LogP) is 4.60. The summed E-state index contributed by atoms with van der Waals surface area (Å²) >= 11 is 0. The molecule has 1 aliphatic heterocycles. The Balaban J connectivity index is 1.58. The highest BCUT2D eigenvalue weighted by molar-refractivity contribution is 6.09. The molecule has 4 rings (SSSR count). The molecule has 29 heavy (non-hydrogen) atoms. The normalized spacial score (nSPS) is 13.2. The monoisotopic (exact) mass is 381 g/mol. The van der Waals surface area contributed by atoms with Crippen LogP contribution in [0.2, 0.25) is 0 Å². The van der Waals surface area contributed by atoms with Gasteiger partial charge in [-0.1, -0.05) is 36.4 Å². The van der Waals surface area contributed by atoms with Crippen molar-refractivity contribution in [3.8, 4) is 17.2 Å². The minimum Gasteiger partial charge on any atom is -0.322 e. The molecule has 0 radical (unpaired) electrons. The molecule has 0 aliphatic carbocycles. The first-order valence-corrected chi connectivity index (χ1v) is 9.47. The number of rotatable bonds is 4. The quantitative estimate of drug-likeness (QED) is 0.717. The van der Waals surface area contributed by atoms with E-state index in [-0.39, 0.29) is 11.8 Å². The van der Waals surface area contributed by atoms with Gasteiger partial charge in [-0.3, -0.25) is 9.59 Å². The molecule has 142 valence electrons. The third-order valence-corrected chi connectivity index (χ3v) is 5.02. The first-order chi connectivity index (χ1) is 14.2. The smallest absolute Gasteiger partial charge is 0.256 e. The Hall–Kier alpha value is -3.91. The number of carbonyl (C=O) groups excluding carboxylic acids is 2. The van der Waals surface area contributed by atoms with Gasteiger partial charge >= 0.3 is 0 Å². The van der Waals surface area contributed by atoms with E-state index in [1.807, 2.05) is 36.4 Å². The molecule has 1 heterocycles. The van der Waals surface area contributed by atoms with Crippen molar-refractivity contribution in [3.63, 3.8) is 0 Å². The average molecular weight is 381 g/mol. The van der Waals surface area contributed by atoms with Crippen molar-refractivity contribution in [3.05, 3.63) is 83.9 Å². The number of anilines is 2. The number of nitriles is 1. The molecule has 5 heteroatoms. The summed E-state index contributed by atoms with van der Waals surface area (Å²) in [7, 11) is 0. The Morgan fingerprint density at radius 2 is 1.62 bits per heavy atom. The average Bonchev–Trinajstić information content (AvgIpc) is 3.20. The van der Waals surface area contributed by atoms with Gasteiger partial charge in [-0.25, -0.2) is 0 Å². The summed E-state index contributed by atoms with van der Waals surface area (Å²) < 4.78 is 0. The topological polar surface area (TPSA) is 73.2 Å². The van der Waals surface area contributed by atoms with Gasteiger partial charge in [-0.15, -0.1) is 0 Å². The van der Waals surface area contributed by atoms with Crippen LogP contribution >= 0.6 is 0 Å². The zero-order valence-electron chi connectivity index (χ0n) is 15.8. The van der Waals surface area contributed by atoms with E-state index in [4.69, 9.17) is 0 Å². The fourth-order valence-corrected chi connectivity index (χ4v) is 3.58. The molecule has 5 nitrogen and oxygen atoms in total. The fourth-order valence-electron chi connectivity index (χ4n) is 3.58. The number of nitrogens with one attached hydrogen (secondary N) is 1. The van der Waals surface area contributed by atoms with Crippen LogP contribution in [0, 0.1) is 11.3 Å². The lowest BCUT2D eigenvalue weighted by atomic mass is 9.95. The summed E-state index contributed by atoms with van der Waals surface area (Å²) in [4.78, 5) is 26.6. The van der Waals surface area contributed by atoms with Gasteiger partial charge in [-0.05, 0) is 48.4 Å². The molecule has 1 fully saturated rings. The van der Waals surface area contributed by atoms with Crippen LogP contribution in [0.5, 0.6) is 0 Å². The highest BCUT2D eigenvalue weighted by Gasteiger charge is 2.21. The summed E-state index contributed by atoms with van der Waals surface area (Å²) in [6.07, 6.45) is 1.46. The maximum Gasteiger partial charge on any atom is 0.256 e. The molecular formula is C24H19N3O2. The van der Waals surface area contributed by atoms with Crippen molar-refractivity contribution in [1.29, 1.82) is 5.26 Å². The molecule has 0 saturated carbocycles. The van der Waals surface area contributed by atoms with Gasteiger partial charge in [0.25, 0.3) is 5.91 Å². The molecule has 2 amide bonds. The largest absolute Gasteiger partial charge is 0.322 e. The molecule has 0 atom stereocenters. The van der Waals surface area contributed by atoms with E-state index in [1.165, 1.54) is 0 Å². The van der Waals surface area contributed by atoms with Crippen LogP contribution < -0.4 is 10.2 Å². The van der Waals surface area contributed by atoms with Crippen LogP contribution in [0.25, 0.3) is 11.1 Å². The number of carbonyl (C=O) groups is 2. The lowest BCUT2D eigenvalue weighted by Gasteiger charge is -2.16. The number of benzene rings is 3. The van der Waals surface area contributed by atoms with Gasteiger partial charge in [0.1, 0.15) is 0 Å². The van der Waals surface area contributed by atoms with Crippen LogP contribution in [-0.4, -0.2) is 18.4 Å². The number of nitrogens with zero attached hydrogens (tertiary/aromatic N) is 2. The van der Waals surface area contributed by atoms with Gasteiger partial charge in [0.05, 0.1) is 11.6 Å². The van der Waals surface area contributed by atoms with Crippen LogP contribution in [0.15, 0.2) is 72.8 Å². The van der Waals surface area contributed by atoms with Crippen LogP contribution in [0.4, 0.5) is 11.4 Å². The molecule has 1 N–H and O–H groups in total. The Morgan fingerprint density at radius 3 is 2.31 bits per heavy atom. The first kappa shape index (κ1) is 18.5. The standard InChI is InChI=1S/C24H19N3O2/c25-16-17-6-1-2-7-20(17)21-8-3-4-9-22(21)24(29)26-18-11-13-19(14-12-18)27-15-5-10-23(27)28/h1-4,6-9,11-14H,5,10,15H2,(H,26,29). The van der Waals surface area contributed by atoms with Crippen molar-refractivity contribution >= 4 is 23.2 Å². The van der Waals surface area contributed by atoms with Gasteiger partial charge in [0.15, 0.2) is 0 Å². The second-order valence-corrected chi connectivity index (χ2v) is 6.85. The Bertz CT molecular complexity index is 1110. The minimum absolute atomic E-state index is 0.131. The maximum absolute atomic E-state index is 12.9. The number of hydrogen-bond donors (Lipinski definition) is 1. The molecule has 0 bridgehead atoms. The second kappa shape index (κ2) is 7.99. The second-order valence-electron chi connectivity index (χ2n) is 6.85. The van der Waals surface area contributed by atoms with Crippen LogP contribution in [-0.2, 0) is 4.79 Å². The lowest BCUT2D eigenvalue weighted by Crippen LogP contribution is -2.23. The van der Waals surface area contributed by atoms with Crippen LogP contribution in [0.1, 0.15) is 28.8 Å². The SMILES string of the molecule is N#Cc1ccccc1-c1ccccc1C(=O)Nc1ccc(N2CCCC2=O)cc1. The summed E-state index contributed by atoms with van der Waals surface area (Å²) in [5, 5.41) is 12.3. The Labute approximate surface area is 169 Å². The fraction of sp³-hybridized carbons (Fsp3) is 0.125. The molecule has 3 aromatic carbocycles. The molecular weight excluding hydrogens is 362 g/mol. The lowest BCUT2D eigenvalue weighted by molar-refractivity contribution is -0.117. The first-order valence-electron chi connectivity index (χ1n) is 9.47. The van der Waals surface area contributed by atoms with Crippen molar-refractivity contribution in [2.45, 2.75) is 12.8 Å². The molecule has 0 spiro atoms. The molecule has 3 aromatic rings. The highest BCUT2D eigenvalue weighted by atomic mass is 16.2. The van der Waals surface area contributed by atoms with Crippen molar-refractivity contribution in [2.24, 2.45) is 0 Å². The van der Waals surface area contributed by atoms with E-state index in [2.05, 4.69) is 11.4 Å². The van der Waals surface area contributed by atoms with E-state index < -0.39 is 0 Å². The minimum atomic E-state index is -0.252.